The Bertz CT molecular complexity index is 1180. The SMILES string of the molecule is Cc1[nH]c2ccc(C(=O)Nc3ccc4oc(=O)ccc4c3)cc2c1C. The van der Waals surface area contributed by atoms with Gasteiger partial charge in [0, 0.05) is 39.3 Å². The summed E-state index contributed by atoms with van der Waals surface area (Å²) in [6.07, 6.45) is 0. The van der Waals surface area contributed by atoms with Crippen LogP contribution in [0.5, 0.6) is 0 Å². The molecular formula is C20H16N2O3. The molecule has 0 aliphatic carbocycles. The Hall–Kier alpha value is -3.34. The summed E-state index contributed by atoms with van der Waals surface area (Å²) < 4.78 is 5.10. The molecule has 2 N–H and O–H groups in total. The maximum absolute atomic E-state index is 12.6. The van der Waals surface area contributed by atoms with Gasteiger partial charge in [-0.25, -0.2) is 4.79 Å². The molecule has 124 valence electrons. The van der Waals surface area contributed by atoms with Crippen molar-refractivity contribution in [3.63, 3.8) is 0 Å². The summed E-state index contributed by atoms with van der Waals surface area (Å²) in [5, 5.41) is 4.69. The number of H-pyrrole nitrogens is 1. The second-order valence-corrected chi connectivity index (χ2v) is 6.10. The third kappa shape index (κ3) is 2.70. The van der Waals surface area contributed by atoms with E-state index in [9.17, 15) is 9.59 Å². The molecule has 0 saturated heterocycles. The summed E-state index contributed by atoms with van der Waals surface area (Å²) >= 11 is 0. The molecule has 5 heteroatoms. The second kappa shape index (κ2) is 5.63. The van der Waals surface area contributed by atoms with E-state index in [0.29, 0.717) is 16.8 Å². The van der Waals surface area contributed by atoms with Gasteiger partial charge in [-0.15, -0.1) is 0 Å². The number of hydrogen-bond donors (Lipinski definition) is 2. The molecule has 2 heterocycles. The highest BCUT2D eigenvalue weighted by molar-refractivity contribution is 6.07. The Kier molecular flexibility index (Phi) is 3.42. The van der Waals surface area contributed by atoms with Crippen molar-refractivity contribution in [1.29, 1.82) is 0 Å². The summed E-state index contributed by atoms with van der Waals surface area (Å²) in [7, 11) is 0. The molecule has 4 aromatic rings. The van der Waals surface area contributed by atoms with Crippen molar-refractivity contribution in [2.24, 2.45) is 0 Å². The van der Waals surface area contributed by atoms with Crippen LogP contribution in [0.15, 0.2) is 57.7 Å². The maximum Gasteiger partial charge on any atom is 0.336 e. The van der Waals surface area contributed by atoms with Crippen molar-refractivity contribution in [1.82, 2.24) is 4.98 Å². The fourth-order valence-electron chi connectivity index (χ4n) is 2.96. The smallest absolute Gasteiger partial charge is 0.336 e. The molecular weight excluding hydrogens is 316 g/mol. The van der Waals surface area contributed by atoms with Crippen LogP contribution in [0.4, 0.5) is 5.69 Å². The topological polar surface area (TPSA) is 75.1 Å². The van der Waals surface area contributed by atoms with Gasteiger partial charge in [0.1, 0.15) is 5.58 Å². The van der Waals surface area contributed by atoms with Crippen LogP contribution >= 0.6 is 0 Å². The first-order valence-electron chi connectivity index (χ1n) is 7.95. The number of aromatic nitrogens is 1. The van der Waals surface area contributed by atoms with Crippen LogP contribution in [0.3, 0.4) is 0 Å². The van der Waals surface area contributed by atoms with Crippen molar-refractivity contribution in [2.75, 3.05) is 5.32 Å². The lowest BCUT2D eigenvalue weighted by Crippen LogP contribution is -2.11. The largest absolute Gasteiger partial charge is 0.423 e. The van der Waals surface area contributed by atoms with Gasteiger partial charge in [-0.2, -0.15) is 0 Å². The van der Waals surface area contributed by atoms with Gasteiger partial charge in [-0.05, 0) is 61.9 Å². The van der Waals surface area contributed by atoms with Crippen molar-refractivity contribution < 1.29 is 9.21 Å². The van der Waals surface area contributed by atoms with E-state index in [1.165, 1.54) is 6.07 Å². The van der Waals surface area contributed by atoms with E-state index < -0.39 is 5.63 Å². The first-order valence-corrected chi connectivity index (χ1v) is 7.95. The number of fused-ring (bicyclic) bond motifs is 2. The highest BCUT2D eigenvalue weighted by atomic mass is 16.4. The number of benzene rings is 2. The number of rotatable bonds is 2. The van der Waals surface area contributed by atoms with Crippen molar-refractivity contribution >= 4 is 33.5 Å². The van der Waals surface area contributed by atoms with Gasteiger partial charge in [-0.1, -0.05) is 0 Å². The molecule has 2 aromatic carbocycles. The summed E-state index contributed by atoms with van der Waals surface area (Å²) in [6, 6.07) is 13.8. The third-order valence-electron chi connectivity index (χ3n) is 4.45. The van der Waals surface area contributed by atoms with Crippen LogP contribution < -0.4 is 10.9 Å². The molecule has 2 aromatic heterocycles. The van der Waals surface area contributed by atoms with Gasteiger partial charge in [-0.3, -0.25) is 4.79 Å². The van der Waals surface area contributed by atoms with Gasteiger partial charge in [0.2, 0.25) is 0 Å². The van der Waals surface area contributed by atoms with E-state index in [4.69, 9.17) is 4.42 Å². The zero-order valence-corrected chi connectivity index (χ0v) is 13.8. The van der Waals surface area contributed by atoms with Gasteiger partial charge >= 0.3 is 5.63 Å². The fraction of sp³-hybridized carbons (Fsp3) is 0.100. The van der Waals surface area contributed by atoms with Gasteiger partial charge in [0.05, 0.1) is 0 Å². The quantitative estimate of drug-likeness (QED) is 0.542. The van der Waals surface area contributed by atoms with E-state index in [1.807, 2.05) is 26.0 Å². The highest BCUT2D eigenvalue weighted by Crippen LogP contribution is 2.23. The fourth-order valence-corrected chi connectivity index (χ4v) is 2.96. The molecule has 1 amide bonds. The molecule has 25 heavy (non-hydrogen) atoms. The van der Waals surface area contributed by atoms with Crippen LogP contribution in [-0.2, 0) is 0 Å². The summed E-state index contributed by atoms with van der Waals surface area (Å²) in [5.41, 5.74) is 4.60. The molecule has 5 nitrogen and oxygen atoms in total. The monoisotopic (exact) mass is 332 g/mol. The van der Waals surface area contributed by atoms with Crippen LogP contribution in [-0.4, -0.2) is 10.9 Å². The molecule has 0 fully saturated rings. The summed E-state index contributed by atoms with van der Waals surface area (Å²) in [4.78, 5) is 27.1. The zero-order valence-electron chi connectivity index (χ0n) is 13.8. The van der Waals surface area contributed by atoms with Crippen molar-refractivity contribution in [3.8, 4) is 0 Å². The molecule has 0 radical (unpaired) electrons. The van der Waals surface area contributed by atoms with Crippen LogP contribution in [0.25, 0.3) is 21.9 Å². The number of nitrogens with one attached hydrogen (secondary N) is 2. The number of carbonyl (C=O) groups is 1. The second-order valence-electron chi connectivity index (χ2n) is 6.10. The maximum atomic E-state index is 12.6. The Morgan fingerprint density at radius 3 is 2.72 bits per heavy atom. The minimum absolute atomic E-state index is 0.183. The molecule has 0 aliphatic rings. The summed E-state index contributed by atoms with van der Waals surface area (Å²) in [5.74, 6) is -0.183. The third-order valence-corrected chi connectivity index (χ3v) is 4.45. The number of carbonyl (C=O) groups excluding carboxylic acids is 1. The van der Waals surface area contributed by atoms with Crippen molar-refractivity contribution in [2.45, 2.75) is 13.8 Å². The molecule has 0 aliphatic heterocycles. The van der Waals surface area contributed by atoms with Crippen LogP contribution in [0.1, 0.15) is 21.6 Å². The molecule has 0 bridgehead atoms. The Morgan fingerprint density at radius 1 is 1.04 bits per heavy atom. The number of aromatic amines is 1. The lowest BCUT2D eigenvalue weighted by Gasteiger charge is -2.06. The average Bonchev–Trinajstić information content (AvgIpc) is 2.89. The summed E-state index contributed by atoms with van der Waals surface area (Å²) in [6.45, 7) is 4.05. The van der Waals surface area contributed by atoms with Crippen LogP contribution in [0, 0.1) is 13.8 Å². The zero-order chi connectivity index (χ0) is 17.6. The molecule has 0 atom stereocenters. The normalized spacial score (nSPS) is 11.1. The van der Waals surface area contributed by atoms with E-state index in [2.05, 4.69) is 10.3 Å². The van der Waals surface area contributed by atoms with Crippen molar-refractivity contribution in [3.05, 3.63) is 75.8 Å². The van der Waals surface area contributed by atoms with Gasteiger partial charge in [0.15, 0.2) is 0 Å². The Labute approximate surface area is 143 Å². The first kappa shape index (κ1) is 15.2. The minimum atomic E-state index is -0.394. The van der Waals surface area contributed by atoms with E-state index >= 15 is 0 Å². The standard InChI is InChI=1S/C20H16N2O3/c1-11-12(2)21-17-6-3-14(10-16(11)17)20(24)22-15-5-7-18-13(9-15)4-8-19(23)25-18/h3-10,21H,1-2H3,(H,22,24). The number of amides is 1. The van der Waals surface area contributed by atoms with Gasteiger partial charge in [0.25, 0.3) is 5.91 Å². The molecule has 0 unspecified atom stereocenters. The van der Waals surface area contributed by atoms with Crippen LogP contribution in [0.2, 0.25) is 0 Å². The number of anilines is 1. The highest BCUT2D eigenvalue weighted by Gasteiger charge is 2.11. The van der Waals surface area contributed by atoms with E-state index in [-0.39, 0.29) is 5.91 Å². The predicted octanol–water partition coefficient (Wildman–Crippen LogP) is 4.14. The lowest BCUT2D eigenvalue weighted by atomic mass is 10.1. The molecule has 4 rings (SSSR count). The minimum Gasteiger partial charge on any atom is -0.423 e. The number of hydrogen-bond acceptors (Lipinski definition) is 3. The first-order chi connectivity index (χ1) is 12.0. The number of aryl methyl sites for hydroxylation is 2. The van der Waals surface area contributed by atoms with E-state index in [1.54, 1.807) is 30.3 Å². The lowest BCUT2D eigenvalue weighted by molar-refractivity contribution is 0.102. The Balaban J connectivity index is 1.66. The predicted molar refractivity (Wildman–Crippen MR) is 98.2 cm³/mol. The van der Waals surface area contributed by atoms with E-state index in [0.717, 1.165) is 27.5 Å². The Morgan fingerprint density at radius 2 is 1.88 bits per heavy atom. The van der Waals surface area contributed by atoms with Gasteiger partial charge < -0.3 is 14.7 Å². The molecule has 0 spiro atoms. The average molecular weight is 332 g/mol. The molecule has 0 saturated carbocycles.